The number of nitrogens with one attached hydrogen (secondary N) is 5. The van der Waals surface area contributed by atoms with Crippen molar-refractivity contribution >= 4 is 52.3 Å². The molecule has 1 aliphatic heterocycles. The number of aliphatic carboxylic acids is 1. The lowest BCUT2D eigenvalue weighted by atomic mass is 10.0. The first-order chi connectivity index (χ1) is 18.7. The smallest absolute Gasteiger partial charge is 0.326 e. The van der Waals surface area contributed by atoms with Gasteiger partial charge in [0.05, 0.1) is 6.04 Å². The molecule has 0 bridgehead atoms. The predicted octanol–water partition coefficient (Wildman–Crippen LogP) is 0.0200. The summed E-state index contributed by atoms with van der Waals surface area (Å²) in [4.78, 5) is 65.7. The van der Waals surface area contributed by atoms with Crippen LogP contribution in [0.3, 0.4) is 0 Å². The van der Waals surface area contributed by atoms with E-state index >= 15 is 0 Å². The van der Waals surface area contributed by atoms with Crippen molar-refractivity contribution in [2.24, 2.45) is 5.73 Å². The maximum absolute atomic E-state index is 13.2. The van der Waals surface area contributed by atoms with Gasteiger partial charge in [-0.25, -0.2) is 4.79 Å². The maximum Gasteiger partial charge on any atom is 0.326 e. The Morgan fingerprint density at radius 3 is 2.38 bits per heavy atom. The zero-order valence-corrected chi connectivity index (χ0v) is 22.6. The molecule has 1 aliphatic rings. The Kier molecular flexibility index (Phi) is 11.2. The first-order valence-electron chi connectivity index (χ1n) is 12.9. The van der Waals surface area contributed by atoms with E-state index in [1.807, 2.05) is 30.5 Å². The van der Waals surface area contributed by atoms with Crippen LogP contribution < -0.4 is 27.0 Å². The van der Waals surface area contributed by atoms with E-state index in [1.165, 1.54) is 11.8 Å². The molecular weight excluding hydrogens is 524 g/mol. The second-order valence-electron chi connectivity index (χ2n) is 9.52. The zero-order valence-electron chi connectivity index (χ0n) is 21.8. The van der Waals surface area contributed by atoms with Gasteiger partial charge in [0.1, 0.15) is 18.1 Å². The largest absolute Gasteiger partial charge is 0.480 e. The number of primary amides is 1. The number of fused-ring (bicyclic) bond motifs is 1. The van der Waals surface area contributed by atoms with E-state index in [2.05, 4.69) is 26.3 Å². The summed E-state index contributed by atoms with van der Waals surface area (Å²) in [6.07, 6.45) is 5.09. The van der Waals surface area contributed by atoms with Gasteiger partial charge < -0.3 is 37.1 Å². The van der Waals surface area contributed by atoms with Crippen LogP contribution in [0.4, 0.5) is 0 Å². The molecular formula is C26H36N6O6S. The molecule has 0 saturated carbocycles. The number of benzene rings is 1. The van der Waals surface area contributed by atoms with E-state index in [0.717, 1.165) is 23.9 Å². The molecule has 1 fully saturated rings. The average Bonchev–Trinajstić information content (AvgIpc) is 3.59. The second-order valence-corrected chi connectivity index (χ2v) is 10.5. The van der Waals surface area contributed by atoms with Crippen molar-refractivity contribution in [2.45, 2.75) is 62.7 Å². The summed E-state index contributed by atoms with van der Waals surface area (Å²) >= 11 is 1.50. The summed E-state index contributed by atoms with van der Waals surface area (Å²) in [7, 11) is 0. The van der Waals surface area contributed by atoms with Gasteiger partial charge in [-0.05, 0) is 55.9 Å². The van der Waals surface area contributed by atoms with Gasteiger partial charge in [0.25, 0.3) is 0 Å². The number of hydrogen-bond donors (Lipinski definition) is 7. The van der Waals surface area contributed by atoms with Crippen LogP contribution in [0.25, 0.3) is 10.9 Å². The normalized spacial score (nSPS) is 17.2. The Labute approximate surface area is 230 Å². The molecule has 3 rings (SSSR count). The van der Waals surface area contributed by atoms with Crippen LogP contribution >= 0.6 is 11.8 Å². The Bertz CT molecular complexity index is 1180. The van der Waals surface area contributed by atoms with Crippen molar-refractivity contribution in [3.8, 4) is 0 Å². The fourth-order valence-electron chi connectivity index (χ4n) is 4.51. The molecule has 4 amide bonds. The minimum atomic E-state index is -1.29. The summed E-state index contributed by atoms with van der Waals surface area (Å²) in [5.41, 5.74) is 6.82. The Balaban J connectivity index is 1.72. The molecule has 39 heavy (non-hydrogen) atoms. The molecule has 13 heteroatoms. The van der Waals surface area contributed by atoms with Crippen molar-refractivity contribution in [3.63, 3.8) is 0 Å². The van der Waals surface area contributed by atoms with E-state index in [0.29, 0.717) is 24.2 Å². The van der Waals surface area contributed by atoms with Crippen LogP contribution in [0.2, 0.25) is 0 Å². The summed E-state index contributed by atoms with van der Waals surface area (Å²) in [6.45, 7) is 0.721. The molecule has 212 valence electrons. The second kappa shape index (κ2) is 14.5. The minimum absolute atomic E-state index is 0.00235. The number of para-hydroxylation sites is 1. The third-order valence-corrected chi connectivity index (χ3v) is 7.29. The van der Waals surface area contributed by atoms with E-state index in [1.54, 1.807) is 6.20 Å². The molecule has 4 unspecified atom stereocenters. The molecule has 8 N–H and O–H groups in total. The quantitative estimate of drug-likeness (QED) is 0.158. The van der Waals surface area contributed by atoms with Crippen LogP contribution in [0.15, 0.2) is 30.5 Å². The van der Waals surface area contributed by atoms with Gasteiger partial charge >= 0.3 is 5.97 Å². The Hall–Kier alpha value is -3.58. The summed E-state index contributed by atoms with van der Waals surface area (Å²) in [5, 5.41) is 21.6. The molecule has 12 nitrogen and oxygen atoms in total. The fraction of sp³-hybridized carbons (Fsp3) is 0.500. The highest BCUT2D eigenvalue weighted by Gasteiger charge is 2.31. The van der Waals surface area contributed by atoms with Crippen molar-refractivity contribution < 1.29 is 29.1 Å². The standard InChI is InChI=1S/C26H36N6O6S/c1-39-12-10-20(31-23(34)18-7-4-11-28-18)25(36)30-19(8-9-22(27)33)24(35)32-21(26(37)38)13-15-14-29-17-6-3-2-5-16(15)17/h2-3,5-6,14,18-21,28-29H,4,7-13H2,1H3,(H2,27,33)(H,30,36)(H,31,34)(H,32,35)(H,37,38). The van der Waals surface area contributed by atoms with Gasteiger partial charge in [0, 0.05) is 29.9 Å². The SMILES string of the molecule is CSCCC(NC(=O)C1CCCN1)C(=O)NC(CCC(N)=O)C(=O)NC(Cc1c[nH]c2ccccc12)C(=O)O. The van der Waals surface area contributed by atoms with Crippen molar-refractivity contribution in [1.82, 2.24) is 26.3 Å². The first kappa shape index (κ1) is 30.0. The number of thioether (sulfide) groups is 1. The van der Waals surface area contributed by atoms with Crippen molar-refractivity contribution in [2.75, 3.05) is 18.6 Å². The van der Waals surface area contributed by atoms with Crippen LogP contribution in [-0.2, 0) is 30.4 Å². The average molecular weight is 561 g/mol. The summed E-state index contributed by atoms with van der Waals surface area (Å²) in [6, 6.07) is 3.59. The lowest BCUT2D eigenvalue weighted by Gasteiger charge is -2.25. The van der Waals surface area contributed by atoms with E-state index in [4.69, 9.17) is 5.73 Å². The third kappa shape index (κ3) is 8.72. The molecule has 1 aromatic carbocycles. The number of carboxylic acids is 1. The number of nitrogens with two attached hydrogens (primary N) is 1. The highest BCUT2D eigenvalue weighted by Crippen LogP contribution is 2.19. The van der Waals surface area contributed by atoms with Gasteiger partial charge in [-0.2, -0.15) is 11.8 Å². The van der Waals surface area contributed by atoms with Gasteiger partial charge in [0.2, 0.25) is 23.6 Å². The number of hydrogen-bond acceptors (Lipinski definition) is 7. The van der Waals surface area contributed by atoms with Crippen molar-refractivity contribution in [3.05, 3.63) is 36.0 Å². The summed E-state index contributed by atoms with van der Waals surface area (Å²) < 4.78 is 0. The fourth-order valence-corrected chi connectivity index (χ4v) is 4.98. The lowest BCUT2D eigenvalue weighted by molar-refractivity contribution is -0.142. The Morgan fingerprint density at radius 1 is 1.05 bits per heavy atom. The van der Waals surface area contributed by atoms with E-state index in [9.17, 15) is 29.1 Å². The number of carbonyl (C=O) groups excluding carboxylic acids is 4. The summed E-state index contributed by atoms with van der Waals surface area (Å²) in [5.74, 6) is -2.98. The van der Waals surface area contributed by atoms with Crippen LogP contribution in [0.1, 0.15) is 37.7 Å². The van der Waals surface area contributed by atoms with Crippen LogP contribution in [0.5, 0.6) is 0 Å². The minimum Gasteiger partial charge on any atom is -0.480 e. The Morgan fingerprint density at radius 2 is 1.74 bits per heavy atom. The molecule has 2 heterocycles. The topological polar surface area (TPSA) is 196 Å². The van der Waals surface area contributed by atoms with Crippen LogP contribution in [0, 0.1) is 0 Å². The number of aromatic nitrogens is 1. The monoisotopic (exact) mass is 560 g/mol. The lowest BCUT2D eigenvalue weighted by Crippen LogP contribution is -2.57. The molecule has 0 radical (unpaired) electrons. The zero-order chi connectivity index (χ0) is 28.4. The van der Waals surface area contributed by atoms with Gasteiger partial charge in [-0.3, -0.25) is 19.2 Å². The molecule has 2 aromatic rings. The third-order valence-electron chi connectivity index (χ3n) is 6.65. The highest BCUT2D eigenvalue weighted by atomic mass is 32.2. The van der Waals surface area contributed by atoms with Gasteiger partial charge in [-0.15, -0.1) is 0 Å². The number of H-pyrrole nitrogens is 1. The number of carbonyl (C=O) groups is 5. The van der Waals surface area contributed by atoms with Gasteiger partial charge in [0.15, 0.2) is 0 Å². The maximum atomic E-state index is 13.2. The van der Waals surface area contributed by atoms with Crippen molar-refractivity contribution in [1.29, 1.82) is 0 Å². The van der Waals surface area contributed by atoms with E-state index < -0.39 is 41.8 Å². The molecule has 4 atom stereocenters. The number of carboxylic acid groups (broad SMARTS) is 1. The van der Waals surface area contributed by atoms with Crippen LogP contribution in [-0.4, -0.2) is 82.4 Å². The van der Waals surface area contributed by atoms with E-state index in [-0.39, 0.29) is 31.2 Å². The molecule has 1 saturated heterocycles. The highest BCUT2D eigenvalue weighted by molar-refractivity contribution is 7.98. The first-order valence-corrected chi connectivity index (χ1v) is 14.3. The molecule has 1 aromatic heterocycles. The van der Waals surface area contributed by atoms with Gasteiger partial charge in [-0.1, -0.05) is 18.2 Å². The molecule has 0 spiro atoms. The number of amides is 4. The predicted molar refractivity (Wildman–Crippen MR) is 148 cm³/mol. The number of aromatic amines is 1. The molecule has 0 aliphatic carbocycles. The number of rotatable bonds is 15.